The Balaban J connectivity index is 1.29. The van der Waals surface area contributed by atoms with E-state index < -0.39 is 12.1 Å². The maximum absolute atomic E-state index is 15.3. The average molecular weight is 793 g/mol. The number of Topliss-reactive ketones (excluding diaryl/α,β-unsaturated/α-hetero) is 1. The molecule has 52 heavy (non-hydrogen) atoms. The molecule has 6 rings (SSSR count). The average Bonchev–Trinajstić information content (AvgIpc) is 3.55. The van der Waals surface area contributed by atoms with Crippen LogP contribution < -0.4 is 19.3 Å². The molecule has 0 aliphatic carbocycles. The molecule has 2 unspecified atom stereocenters. The topological polar surface area (TPSA) is 84.1 Å². The highest BCUT2D eigenvalue weighted by Crippen LogP contribution is 2.32. The van der Waals surface area contributed by atoms with Crippen molar-refractivity contribution in [3.8, 4) is 11.5 Å². The summed E-state index contributed by atoms with van der Waals surface area (Å²) in [6, 6.07) is 10.7. The minimum Gasteiger partial charge on any atom is -0.495 e. The van der Waals surface area contributed by atoms with Crippen LogP contribution in [0, 0.1) is 27.7 Å². The number of ketones is 1. The Kier molecular flexibility index (Phi) is 12.2. The number of nitrogens with zero attached hydrogens (tertiary/aromatic N) is 8. The molecular formula is C37H46Cl4N8O3. The maximum atomic E-state index is 15.3. The van der Waals surface area contributed by atoms with Crippen molar-refractivity contribution in [1.29, 1.82) is 0 Å². The number of carbonyl (C=O) groups excluding carboxylic acids is 1. The van der Waals surface area contributed by atoms with Crippen LogP contribution in [0.4, 0.5) is 11.4 Å². The zero-order valence-corrected chi connectivity index (χ0v) is 33.5. The van der Waals surface area contributed by atoms with Gasteiger partial charge in [-0.1, -0.05) is 46.4 Å². The number of ether oxygens (including phenoxy) is 2. The highest BCUT2D eigenvalue weighted by Gasteiger charge is 2.39. The summed E-state index contributed by atoms with van der Waals surface area (Å²) in [6.45, 7) is 14.1. The van der Waals surface area contributed by atoms with Crippen LogP contribution in [0.5, 0.6) is 11.5 Å². The predicted molar refractivity (Wildman–Crippen MR) is 210 cm³/mol. The summed E-state index contributed by atoms with van der Waals surface area (Å²) in [6.07, 6.45) is 0. The molecule has 0 saturated carbocycles. The van der Waals surface area contributed by atoms with E-state index in [-0.39, 0.29) is 5.78 Å². The number of halogens is 4. The van der Waals surface area contributed by atoms with Gasteiger partial charge in [0.15, 0.2) is 5.78 Å². The smallest absolute Gasteiger partial charge is 0.170 e. The minimum atomic E-state index is -0.466. The van der Waals surface area contributed by atoms with Crippen LogP contribution >= 0.6 is 46.4 Å². The zero-order chi connectivity index (χ0) is 37.3. The molecule has 2 aromatic heterocycles. The van der Waals surface area contributed by atoms with Gasteiger partial charge in [-0.2, -0.15) is 10.2 Å². The second-order valence-corrected chi connectivity index (χ2v) is 15.0. The number of aromatic nitrogens is 4. The molecule has 0 radical (unpaired) electrons. The van der Waals surface area contributed by atoms with Gasteiger partial charge in [0.1, 0.15) is 11.5 Å². The van der Waals surface area contributed by atoms with E-state index in [1.54, 1.807) is 14.2 Å². The highest BCUT2D eigenvalue weighted by molar-refractivity contribution is 6.33. The molecule has 2 fully saturated rings. The summed E-state index contributed by atoms with van der Waals surface area (Å²) in [5.41, 5.74) is 5.25. The van der Waals surface area contributed by atoms with Gasteiger partial charge in [-0.05, 0) is 52.0 Å². The SMILES string of the molecule is COc1cc(N2CCN(C(Cn3nc(C)c(Cl)c3C)C(=O)C(Cn3nc(C)c(Cl)c3C)N3CCN(c4ccc(Cl)c(OC)c4)CC3)CC2)ccc1Cl. The third-order valence-corrected chi connectivity index (χ3v) is 12.2. The number of methoxy groups -OCH3 is 2. The Morgan fingerprint density at radius 3 is 1.31 bits per heavy atom. The van der Waals surface area contributed by atoms with Crippen LogP contribution in [0.1, 0.15) is 22.8 Å². The van der Waals surface area contributed by atoms with Crippen LogP contribution in [-0.2, 0) is 17.9 Å². The van der Waals surface area contributed by atoms with Gasteiger partial charge in [0, 0.05) is 75.9 Å². The van der Waals surface area contributed by atoms with E-state index in [9.17, 15) is 0 Å². The summed E-state index contributed by atoms with van der Waals surface area (Å²) in [5, 5.41) is 11.9. The van der Waals surface area contributed by atoms with Crippen molar-refractivity contribution in [3.63, 3.8) is 0 Å². The highest BCUT2D eigenvalue weighted by atomic mass is 35.5. The first kappa shape index (κ1) is 38.5. The van der Waals surface area contributed by atoms with Crippen LogP contribution in [0.25, 0.3) is 0 Å². The van der Waals surface area contributed by atoms with Crippen molar-refractivity contribution >= 4 is 63.6 Å². The van der Waals surface area contributed by atoms with Crippen LogP contribution in [0.3, 0.4) is 0 Å². The molecule has 2 atom stereocenters. The lowest BCUT2D eigenvalue weighted by Crippen LogP contribution is -2.61. The number of carbonyl (C=O) groups is 1. The fourth-order valence-corrected chi connectivity index (χ4v) is 7.96. The van der Waals surface area contributed by atoms with Crippen molar-refractivity contribution in [2.75, 3.05) is 76.4 Å². The van der Waals surface area contributed by atoms with Crippen molar-refractivity contribution in [2.24, 2.45) is 0 Å². The van der Waals surface area contributed by atoms with E-state index in [1.165, 1.54) is 0 Å². The van der Waals surface area contributed by atoms with Crippen molar-refractivity contribution in [2.45, 2.75) is 52.9 Å². The molecule has 0 amide bonds. The number of hydrogen-bond donors (Lipinski definition) is 0. The molecule has 0 bridgehead atoms. The molecule has 15 heteroatoms. The van der Waals surface area contributed by atoms with E-state index in [2.05, 4.69) is 19.6 Å². The Bertz CT molecular complexity index is 1770. The number of piperazine rings is 2. The normalized spacial score (nSPS) is 17.0. The van der Waals surface area contributed by atoms with Gasteiger partial charge >= 0.3 is 0 Å². The predicted octanol–water partition coefficient (Wildman–Crippen LogP) is 6.59. The fraction of sp³-hybridized carbons (Fsp3) is 0.486. The van der Waals surface area contributed by atoms with Crippen molar-refractivity contribution < 1.29 is 14.3 Å². The Morgan fingerprint density at radius 2 is 1.00 bits per heavy atom. The number of benzene rings is 2. The molecule has 0 N–H and O–H groups in total. The quantitative estimate of drug-likeness (QED) is 0.158. The first-order valence-corrected chi connectivity index (χ1v) is 19.0. The van der Waals surface area contributed by atoms with E-state index >= 15 is 4.79 Å². The van der Waals surface area contributed by atoms with Gasteiger partial charge in [0.05, 0.1) is 82.3 Å². The van der Waals surface area contributed by atoms with E-state index in [0.29, 0.717) is 70.9 Å². The van der Waals surface area contributed by atoms with Crippen molar-refractivity contribution in [1.82, 2.24) is 29.4 Å². The molecule has 2 aliphatic heterocycles. The van der Waals surface area contributed by atoms with Crippen LogP contribution in [0.2, 0.25) is 20.1 Å². The van der Waals surface area contributed by atoms with Crippen molar-refractivity contribution in [3.05, 3.63) is 79.3 Å². The number of aryl methyl sites for hydroxylation is 2. The number of hydrogen-bond acceptors (Lipinski definition) is 9. The minimum absolute atomic E-state index is 0.121. The molecule has 4 heterocycles. The largest absolute Gasteiger partial charge is 0.495 e. The second kappa shape index (κ2) is 16.4. The molecule has 4 aromatic rings. The first-order chi connectivity index (χ1) is 24.9. The summed E-state index contributed by atoms with van der Waals surface area (Å²) in [5.74, 6) is 1.40. The fourth-order valence-electron chi connectivity index (χ4n) is 7.30. The van der Waals surface area contributed by atoms with Gasteiger partial charge in [0.2, 0.25) is 0 Å². The molecule has 2 aliphatic rings. The van der Waals surface area contributed by atoms with Gasteiger partial charge in [0.25, 0.3) is 0 Å². The maximum Gasteiger partial charge on any atom is 0.170 e. The lowest BCUT2D eigenvalue weighted by Gasteiger charge is -2.43. The summed E-state index contributed by atoms with van der Waals surface area (Å²) in [4.78, 5) is 24.5. The van der Waals surface area contributed by atoms with Crippen LogP contribution in [0.15, 0.2) is 36.4 Å². The summed E-state index contributed by atoms with van der Waals surface area (Å²) >= 11 is 25.9. The molecule has 0 spiro atoms. The molecule has 280 valence electrons. The second-order valence-electron chi connectivity index (χ2n) is 13.5. The summed E-state index contributed by atoms with van der Waals surface area (Å²) < 4.78 is 14.7. The zero-order valence-electron chi connectivity index (χ0n) is 30.5. The third kappa shape index (κ3) is 8.00. The Labute approximate surface area is 325 Å². The monoisotopic (exact) mass is 790 g/mol. The molecular weight excluding hydrogens is 746 g/mol. The van der Waals surface area contributed by atoms with Crippen LogP contribution in [-0.4, -0.2) is 114 Å². The molecule has 11 nitrogen and oxygen atoms in total. The van der Waals surface area contributed by atoms with Gasteiger partial charge < -0.3 is 19.3 Å². The van der Waals surface area contributed by atoms with E-state index in [0.717, 1.165) is 60.3 Å². The van der Waals surface area contributed by atoms with Gasteiger partial charge in [-0.25, -0.2) is 0 Å². The standard InChI is InChI=1S/C37H46Cl4N8O3/c1-23-35(40)25(3)48(42-23)21-31(46-15-11-44(12-16-46)27-7-9-29(38)33(19-27)51-5)37(50)32(22-49-26(4)36(41)24(2)43-49)47-17-13-45(14-18-47)28-8-10-30(39)34(20-28)52-6/h7-10,19-20,31-32H,11-18,21-22H2,1-6H3. The lowest BCUT2D eigenvalue weighted by molar-refractivity contribution is -0.131. The Hall–Kier alpha value is -3.19. The number of rotatable bonds is 12. The first-order valence-electron chi connectivity index (χ1n) is 17.5. The van der Waals surface area contributed by atoms with Gasteiger partial charge in [-0.15, -0.1) is 0 Å². The number of anilines is 2. The molecule has 2 saturated heterocycles. The third-order valence-electron chi connectivity index (χ3n) is 10.4. The molecule has 2 aromatic carbocycles. The van der Waals surface area contributed by atoms with E-state index in [1.807, 2.05) is 73.5 Å². The van der Waals surface area contributed by atoms with E-state index in [4.69, 9.17) is 66.1 Å². The Morgan fingerprint density at radius 1 is 0.635 bits per heavy atom. The lowest BCUT2D eigenvalue weighted by atomic mass is 9.99. The van der Waals surface area contributed by atoms with Gasteiger partial charge in [-0.3, -0.25) is 24.0 Å². The summed E-state index contributed by atoms with van der Waals surface area (Å²) in [7, 11) is 3.24.